The molecule has 0 aliphatic carbocycles. The average Bonchev–Trinajstić information content (AvgIpc) is 4.08. The van der Waals surface area contributed by atoms with E-state index in [1.165, 1.54) is 20.7 Å². The smallest absolute Gasteiger partial charge is 0.245 e. The lowest BCUT2D eigenvalue weighted by Crippen LogP contribution is -2.53. The van der Waals surface area contributed by atoms with Gasteiger partial charge in [-0.3, -0.25) is 19.2 Å². The number of carbonyl (C=O) groups excluding carboxylic acids is 4. The fourth-order valence-electron chi connectivity index (χ4n) is 10.3. The molecule has 68 heavy (non-hydrogen) atoms. The third kappa shape index (κ3) is 12.1. The first-order chi connectivity index (χ1) is 32.0. The van der Waals surface area contributed by atoms with E-state index in [0.29, 0.717) is 32.1 Å². The van der Waals surface area contributed by atoms with Gasteiger partial charge in [0.1, 0.15) is 23.3 Å². The molecule has 10 atom stereocenters. The fraction of sp³-hybridized carbons (Fsp3) is 0.652. The second-order valence-electron chi connectivity index (χ2n) is 18.7. The Bertz CT molecular complexity index is 2240. The number of nitrogens with one attached hydrogen (secondary N) is 2. The van der Waals surface area contributed by atoms with Crippen LogP contribution in [0.5, 0.6) is 11.5 Å². The molecule has 2 aromatic rings. The van der Waals surface area contributed by atoms with E-state index in [2.05, 4.69) is 10.6 Å². The molecule has 4 aliphatic rings. The number of likely N-dealkylation sites (N-methyl/N-ethyl adjacent to an activating group) is 1. The normalized spacial score (nSPS) is 24.9. The predicted octanol–water partition coefficient (Wildman–Crippen LogP) is 3.70. The van der Waals surface area contributed by atoms with Gasteiger partial charge in [-0.2, -0.15) is 8.61 Å². The van der Waals surface area contributed by atoms with Crippen molar-refractivity contribution in [2.75, 3.05) is 59.0 Å². The van der Waals surface area contributed by atoms with Gasteiger partial charge < -0.3 is 29.9 Å². The number of hydrogen-bond donors (Lipinski definition) is 2. The third-order valence-corrected chi connectivity index (χ3v) is 16.7. The molecular weight excluding hydrogens is 937 g/mol. The Morgan fingerprint density at radius 2 is 1.19 bits per heavy atom. The molecule has 2 N–H and O–H groups in total. The number of amides is 3. The molecule has 0 saturated carbocycles. The first kappa shape index (κ1) is 53.0. The summed E-state index contributed by atoms with van der Waals surface area (Å²) in [6.45, 7) is 5.45. The Hall–Kier alpha value is -4.38. The van der Waals surface area contributed by atoms with Crippen molar-refractivity contribution in [1.29, 1.82) is 0 Å². The van der Waals surface area contributed by atoms with Crippen molar-refractivity contribution in [1.82, 2.24) is 29.0 Å². The summed E-state index contributed by atoms with van der Waals surface area (Å²) in [6, 6.07) is 2.06. The minimum absolute atomic E-state index is 0.0126. The fourth-order valence-corrected chi connectivity index (χ4v) is 12.6. The summed E-state index contributed by atoms with van der Waals surface area (Å²) in [6.07, 6.45) is 4.21. The number of likely N-dealkylation sites (tertiary alicyclic amines) is 2. The minimum atomic E-state index is -3.74. The second-order valence-corrected chi connectivity index (χ2v) is 22.6. The number of nitrogens with zero attached hydrogens (tertiary/aromatic N) is 4. The van der Waals surface area contributed by atoms with Crippen LogP contribution in [0, 0.1) is 46.9 Å². The van der Waals surface area contributed by atoms with Gasteiger partial charge in [0.25, 0.3) is 0 Å². The van der Waals surface area contributed by atoms with Crippen molar-refractivity contribution >= 4 is 43.6 Å². The molecule has 0 spiro atoms. The summed E-state index contributed by atoms with van der Waals surface area (Å²) in [5.74, 6) is -8.01. The average molecular weight is 1000 g/mol. The SMILES string of the molecule is CC[C@@H](C)C(=O)N[C@@H](CCCC[C@H](CC(=O)[C@H](C)NC)C(=O)N1CC[C@@H]2[C@H]1[C@@H](COc1ccc(F)c(F)c1)CN2S(C)(=O)=O)C(=O)N1CC[C@@H]2[C@H]1[C@@H](COc1ccc(F)c(F)c1)CN2S(C)(=O)=O. The monoisotopic (exact) mass is 1000 g/mol. The first-order valence-corrected chi connectivity index (χ1v) is 26.9. The molecule has 2 aromatic carbocycles. The van der Waals surface area contributed by atoms with Crippen LogP contribution in [0.3, 0.4) is 0 Å². The Morgan fingerprint density at radius 1 is 0.721 bits per heavy atom. The van der Waals surface area contributed by atoms with E-state index in [9.17, 15) is 53.6 Å². The standard InChI is InChI=1S/C46H64F4N6O10S2/c1-7-27(2)44(58)52-38(46(60)54-19-17-40-43(54)31(24-56(40)68(6,63)64)26-66-33-13-15-35(48)37(50)22-33)11-9-8-10-29(20-41(57)28(3)51-4)45(59)53-18-16-39-42(53)30(23-55(39)67(5,61)62)25-65-32-12-14-34(47)36(49)21-32/h12-15,21-22,27-31,38-40,42-43,51H,7-11,16-20,23-26H2,1-6H3,(H,52,58)/t27-,28+,29-,30-,31-,38+,39-,40-,42-,43-/m1/s1. The van der Waals surface area contributed by atoms with Crippen LogP contribution in [0.15, 0.2) is 36.4 Å². The lowest BCUT2D eigenvalue weighted by Gasteiger charge is -2.33. The number of Topliss-reactive ketones (excluding diaryl/α,β-unsaturated/α-hetero) is 1. The van der Waals surface area contributed by atoms with Gasteiger partial charge in [0, 0.05) is 80.5 Å². The number of benzene rings is 2. The lowest BCUT2D eigenvalue weighted by atomic mass is 9.90. The summed E-state index contributed by atoms with van der Waals surface area (Å²) in [4.78, 5) is 59.5. The molecule has 0 unspecified atom stereocenters. The van der Waals surface area contributed by atoms with Gasteiger partial charge in [0.05, 0.1) is 43.9 Å². The summed E-state index contributed by atoms with van der Waals surface area (Å²) in [7, 11) is -5.84. The van der Waals surface area contributed by atoms with Crippen molar-refractivity contribution in [2.45, 2.75) is 108 Å². The van der Waals surface area contributed by atoms with E-state index in [-0.39, 0.29) is 87.8 Å². The van der Waals surface area contributed by atoms with Gasteiger partial charge >= 0.3 is 0 Å². The van der Waals surface area contributed by atoms with Gasteiger partial charge in [-0.25, -0.2) is 34.4 Å². The number of hydrogen-bond acceptors (Lipinski definition) is 11. The number of halogens is 4. The maximum Gasteiger partial charge on any atom is 0.245 e. The van der Waals surface area contributed by atoms with Crippen LogP contribution in [-0.4, -0.2) is 154 Å². The van der Waals surface area contributed by atoms with Gasteiger partial charge in [0.15, 0.2) is 23.3 Å². The number of ether oxygens (including phenoxy) is 2. The Balaban J connectivity index is 1.19. The number of rotatable bonds is 22. The highest BCUT2D eigenvalue weighted by Crippen LogP contribution is 2.40. The molecule has 4 aliphatic heterocycles. The zero-order valence-electron chi connectivity index (χ0n) is 39.3. The van der Waals surface area contributed by atoms with Crippen molar-refractivity contribution in [3.05, 3.63) is 59.7 Å². The maximum atomic E-state index is 14.7. The van der Waals surface area contributed by atoms with E-state index in [4.69, 9.17) is 9.47 Å². The molecule has 4 fully saturated rings. The van der Waals surface area contributed by atoms with E-state index in [1.54, 1.807) is 30.7 Å². The molecule has 0 bridgehead atoms. The van der Waals surface area contributed by atoms with Crippen LogP contribution in [-0.2, 0) is 39.2 Å². The molecular formula is C46H64F4N6O10S2. The molecule has 16 nitrogen and oxygen atoms in total. The van der Waals surface area contributed by atoms with E-state index >= 15 is 0 Å². The number of ketones is 1. The zero-order chi connectivity index (χ0) is 49.8. The van der Waals surface area contributed by atoms with Crippen LogP contribution in [0.2, 0.25) is 0 Å². The molecule has 22 heteroatoms. The van der Waals surface area contributed by atoms with Crippen LogP contribution in [0.4, 0.5) is 17.6 Å². The second kappa shape index (κ2) is 22.1. The Kier molecular flexibility index (Phi) is 17.3. The molecule has 4 heterocycles. The number of fused-ring (bicyclic) bond motifs is 2. The van der Waals surface area contributed by atoms with Gasteiger partial charge in [-0.15, -0.1) is 0 Å². The largest absolute Gasteiger partial charge is 0.493 e. The summed E-state index contributed by atoms with van der Waals surface area (Å²) < 4.78 is 122. The Labute approximate surface area is 396 Å². The predicted molar refractivity (Wildman–Crippen MR) is 243 cm³/mol. The highest BCUT2D eigenvalue weighted by atomic mass is 32.2. The highest BCUT2D eigenvalue weighted by molar-refractivity contribution is 7.88. The topological polar surface area (TPSA) is 192 Å². The van der Waals surface area contributed by atoms with Crippen LogP contribution < -0.4 is 20.1 Å². The summed E-state index contributed by atoms with van der Waals surface area (Å²) in [5.41, 5.74) is 0. The molecule has 4 saturated heterocycles. The van der Waals surface area contributed by atoms with Gasteiger partial charge in [-0.1, -0.05) is 26.7 Å². The molecule has 0 aromatic heterocycles. The minimum Gasteiger partial charge on any atom is -0.493 e. The van der Waals surface area contributed by atoms with E-state index in [1.807, 2.05) is 6.92 Å². The van der Waals surface area contributed by atoms with Crippen molar-refractivity contribution < 1.29 is 63.0 Å². The van der Waals surface area contributed by atoms with Crippen LogP contribution in [0.25, 0.3) is 0 Å². The zero-order valence-corrected chi connectivity index (χ0v) is 41.0. The van der Waals surface area contributed by atoms with Crippen molar-refractivity contribution in [3.63, 3.8) is 0 Å². The number of carbonyl (C=O) groups is 4. The molecule has 3 amide bonds. The highest BCUT2D eigenvalue weighted by Gasteiger charge is 2.55. The van der Waals surface area contributed by atoms with Crippen molar-refractivity contribution in [2.24, 2.45) is 23.7 Å². The molecule has 378 valence electrons. The molecule has 0 radical (unpaired) electrons. The Morgan fingerprint density at radius 3 is 1.63 bits per heavy atom. The maximum absolute atomic E-state index is 14.7. The van der Waals surface area contributed by atoms with Crippen LogP contribution in [0.1, 0.15) is 72.1 Å². The quantitative estimate of drug-likeness (QED) is 0.129. The van der Waals surface area contributed by atoms with Crippen molar-refractivity contribution in [3.8, 4) is 11.5 Å². The van der Waals surface area contributed by atoms with E-state index < -0.39 is 109 Å². The third-order valence-electron chi connectivity index (χ3n) is 14.2. The summed E-state index contributed by atoms with van der Waals surface area (Å²) >= 11 is 0. The van der Waals surface area contributed by atoms with Gasteiger partial charge in [-0.05, 0) is 70.3 Å². The van der Waals surface area contributed by atoms with Crippen LogP contribution >= 0.6 is 0 Å². The lowest BCUT2D eigenvalue weighted by molar-refractivity contribution is -0.140. The summed E-state index contributed by atoms with van der Waals surface area (Å²) in [5, 5.41) is 5.84. The first-order valence-electron chi connectivity index (χ1n) is 23.2. The number of unbranched alkanes of at least 4 members (excludes halogenated alkanes) is 1. The van der Waals surface area contributed by atoms with E-state index in [0.717, 1.165) is 36.8 Å². The molecule has 6 rings (SSSR count). The number of sulfonamides is 2. The van der Waals surface area contributed by atoms with Gasteiger partial charge in [0.2, 0.25) is 37.8 Å².